The van der Waals surface area contributed by atoms with Crippen LogP contribution in [0.25, 0.3) is 10.8 Å². The van der Waals surface area contributed by atoms with Crippen molar-refractivity contribution in [2.75, 3.05) is 13.7 Å². The summed E-state index contributed by atoms with van der Waals surface area (Å²) in [6, 6.07) is 12.0. The molecule has 0 aliphatic rings. The van der Waals surface area contributed by atoms with E-state index < -0.39 is 0 Å². The van der Waals surface area contributed by atoms with Crippen LogP contribution in [0.1, 0.15) is 30.7 Å². The van der Waals surface area contributed by atoms with Crippen molar-refractivity contribution in [1.29, 1.82) is 0 Å². The lowest BCUT2D eigenvalue weighted by Gasteiger charge is -2.11. The van der Waals surface area contributed by atoms with Gasteiger partial charge in [0.2, 0.25) is 0 Å². The van der Waals surface area contributed by atoms with Crippen LogP contribution in [0, 0.1) is 0 Å². The molecule has 2 rings (SSSR count). The Morgan fingerprint density at radius 3 is 2.62 bits per heavy atom. The van der Waals surface area contributed by atoms with Crippen LogP contribution in [-0.2, 0) is 9.53 Å². The Labute approximate surface area is 129 Å². The van der Waals surface area contributed by atoms with Crippen molar-refractivity contribution in [2.45, 2.75) is 25.1 Å². The SMILES string of the molecule is CCOC(=O)CCC(Cl)c1ccc2cc(OC)ccc2c1. The molecule has 1 atom stereocenters. The van der Waals surface area contributed by atoms with Gasteiger partial charge in [0, 0.05) is 6.42 Å². The molecule has 0 saturated carbocycles. The van der Waals surface area contributed by atoms with E-state index in [0.717, 1.165) is 22.1 Å². The van der Waals surface area contributed by atoms with Crippen LogP contribution in [0.2, 0.25) is 0 Å². The maximum absolute atomic E-state index is 11.4. The van der Waals surface area contributed by atoms with Gasteiger partial charge in [-0.2, -0.15) is 0 Å². The number of fused-ring (bicyclic) bond motifs is 1. The lowest BCUT2D eigenvalue weighted by molar-refractivity contribution is -0.143. The first-order valence-corrected chi connectivity index (χ1v) is 7.45. The second kappa shape index (κ2) is 7.32. The van der Waals surface area contributed by atoms with E-state index in [1.807, 2.05) is 30.3 Å². The van der Waals surface area contributed by atoms with Gasteiger partial charge in [-0.1, -0.05) is 18.2 Å². The number of carbonyl (C=O) groups is 1. The molecule has 0 fully saturated rings. The minimum Gasteiger partial charge on any atom is -0.497 e. The molecule has 0 spiro atoms. The number of hydrogen-bond donors (Lipinski definition) is 0. The molecular formula is C17H19ClO3. The highest BCUT2D eigenvalue weighted by molar-refractivity contribution is 6.21. The van der Waals surface area contributed by atoms with E-state index in [4.69, 9.17) is 21.1 Å². The van der Waals surface area contributed by atoms with Gasteiger partial charge in [-0.15, -0.1) is 11.6 Å². The number of alkyl halides is 1. The Morgan fingerprint density at radius 1 is 1.19 bits per heavy atom. The number of methoxy groups -OCH3 is 1. The third kappa shape index (κ3) is 4.11. The monoisotopic (exact) mass is 306 g/mol. The van der Waals surface area contributed by atoms with Gasteiger partial charge in [0.05, 0.1) is 19.1 Å². The lowest BCUT2D eigenvalue weighted by atomic mass is 10.0. The average molecular weight is 307 g/mol. The molecule has 2 aromatic carbocycles. The van der Waals surface area contributed by atoms with Crippen LogP contribution in [0.3, 0.4) is 0 Å². The third-order valence-electron chi connectivity index (χ3n) is 3.34. The molecule has 0 saturated heterocycles. The largest absolute Gasteiger partial charge is 0.497 e. The second-order valence-electron chi connectivity index (χ2n) is 4.78. The number of esters is 1. The van der Waals surface area contributed by atoms with Gasteiger partial charge in [0.1, 0.15) is 5.75 Å². The molecule has 112 valence electrons. The predicted octanol–water partition coefficient (Wildman–Crippen LogP) is 4.47. The van der Waals surface area contributed by atoms with Gasteiger partial charge in [-0.25, -0.2) is 0 Å². The smallest absolute Gasteiger partial charge is 0.305 e. The highest BCUT2D eigenvalue weighted by Crippen LogP contribution is 2.29. The van der Waals surface area contributed by atoms with Crippen LogP contribution in [0.5, 0.6) is 5.75 Å². The Hall–Kier alpha value is -1.74. The van der Waals surface area contributed by atoms with Crippen LogP contribution in [-0.4, -0.2) is 19.7 Å². The number of rotatable bonds is 6. The molecular weight excluding hydrogens is 288 g/mol. The van der Waals surface area contributed by atoms with Gasteiger partial charge < -0.3 is 9.47 Å². The highest BCUT2D eigenvalue weighted by Gasteiger charge is 2.12. The molecule has 21 heavy (non-hydrogen) atoms. The van der Waals surface area contributed by atoms with E-state index in [2.05, 4.69) is 6.07 Å². The van der Waals surface area contributed by atoms with E-state index >= 15 is 0 Å². The first kappa shape index (κ1) is 15.6. The number of carbonyl (C=O) groups excluding carboxylic acids is 1. The maximum atomic E-state index is 11.4. The van der Waals surface area contributed by atoms with Gasteiger partial charge >= 0.3 is 5.97 Å². The lowest BCUT2D eigenvalue weighted by Crippen LogP contribution is -2.05. The highest BCUT2D eigenvalue weighted by atomic mass is 35.5. The Kier molecular flexibility index (Phi) is 5.45. The Morgan fingerprint density at radius 2 is 1.90 bits per heavy atom. The van der Waals surface area contributed by atoms with Crippen molar-refractivity contribution in [1.82, 2.24) is 0 Å². The standard InChI is InChI=1S/C17H19ClO3/c1-3-21-17(19)9-8-16(18)14-5-4-13-11-15(20-2)7-6-12(13)10-14/h4-7,10-11,16H,3,8-9H2,1-2H3. The van der Waals surface area contributed by atoms with Crippen molar-refractivity contribution in [2.24, 2.45) is 0 Å². The quantitative estimate of drug-likeness (QED) is 0.583. The maximum Gasteiger partial charge on any atom is 0.305 e. The van der Waals surface area contributed by atoms with Crippen LogP contribution in [0.4, 0.5) is 0 Å². The van der Waals surface area contributed by atoms with Gasteiger partial charge in [-0.05, 0) is 47.9 Å². The van der Waals surface area contributed by atoms with E-state index in [1.165, 1.54) is 0 Å². The van der Waals surface area contributed by atoms with Gasteiger partial charge in [0.15, 0.2) is 0 Å². The van der Waals surface area contributed by atoms with Crippen molar-refractivity contribution in [3.8, 4) is 5.75 Å². The van der Waals surface area contributed by atoms with Gasteiger partial charge in [0.25, 0.3) is 0 Å². The van der Waals surface area contributed by atoms with Crippen molar-refractivity contribution in [3.63, 3.8) is 0 Å². The van der Waals surface area contributed by atoms with E-state index in [9.17, 15) is 4.79 Å². The summed E-state index contributed by atoms with van der Waals surface area (Å²) < 4.78 is 10.1. The summed E-state index contributed by atoms with van der Waals surface area (Å²) in [6.07, 6.45) is 0.907. The number of benzene rings is 2. The van der Waals surface area contributed by atoms with Crippen LogP contribution < -0.4 is 4.74 Å². The topological polar surface area (TPSA) is 35.5 Å². The molecule has 0 aromatic heterocycles. The first-order chi connectivity index (χ1) is 10.1. The number of ether oxygens (including phenoxy) is 2. The molecule has 0 aliphatic heterocycles. The summed E-state index contributed by atoms with van der Waals surface area (Å²) >= 11 is 6.38. The zero-order chi connectivity index (χ0) is 15.2. The summed E-state index contributed by atoms with van der Waals surface area (Å²) in [6.45, 7) is 2.21. The summed E-state index contributed by atoms with van der Waals surface area (Å²) in [5.74, 6) is 0.633. The van der Waals surface area contributed by atoms with Crippen molar-refractivity contribution in [3.05, 3.63) is 42.0 Å². The summed E-state index contributed by atoms with van der Waals surface area (Å²) in [5.41, 5.74) is 1.01. The zero-order valence-corrected chi connectivity index (χ0v) is 13.0. The zero-order valence-electron chi connectivity index (χ0n) is 12.3. The summed E-state index contributed by atoms with van der Waals surface area (Å²) in [5, 5.41) is 2.02. The fraction of sp³-hybridized carbons (Fsp3) is 0.353. The third-order valence-corrected chi connectivity index (χ3v) is 3.81. The molecule has 0 amide bonds. The van der Waals surface area contributed by atoms with Crippen LogP contribution >= 0.6 is 11.6 Å². The Balaban J connectivity index is 2.09. The molecule has 0 aliphatic carbocycles. The second-order valence-corrected chi connectivity index (χ2v) is 5.31. The van der Waals surface area contributed by atoms with Crippen molar-refractivity contribution >= 4 is 28.3 Å². The molecule has 1 unspecified atom stereocenters. The summed E-state index contributed by atoms with van der Waals surface area (Å²) in [4.78, 5) is 11.4. The minimum absolute atomic E-state index is 0.194. The fourth-order valence-electron chi connectivity index (χ4n) is 2.21. The molecule has 0 bridgehead atoms. The van der Waals surface area contributed by atoms with Gasteiger partial charge in [-0.3, -0.25) is 4.79 Å². The van der Waals surface area contributed by atoms with Crippen LogP contribution in [0.15, 0.2) is 36.4 Å². The van der Waals surface area contributed by atoms with E-state index in [-0.39, 0.29) is 11.3 Å². The molecule has 0 heterocycles. The normalized spacial score (nSPS) is 12.1. The average Bonchev–Trinajstić information content (AvgIpc) is 2.51. The molecule has 4 heteroatoms. The molecule has 3 nitrogen and oxygen atoms in total. The molecule has 2 aromatic rings. The van der Waals surface area contributed by atoms with E-state index in [1.54, 1.807) is 14.0 Å². The number of hydrogen-bond acceptors (Lipinski definition) is 3. The van der Waals surface area contributed by atoms with Crippen molar-refractivity contribution < 1.29 is 14.3 Å². The minimum atomic E-state index is -0.200. The van der Waals surface area contributed by atoms with E-state index in [0.29, 0.717) is 19.4 Å². The first-order valence-electron chi connectivity index (χ1n) is 7.01. The fourth-order valence-corrected chi connectivity index (χ4v) is 2.45. The number of halogens is 1. The Bertz CT molecular complexity index is 624. The molecule has 0 N–H and O–H groups in total. The molecule has 0 radical (unpaired) electrons. The predicted molar refractivity (Wildman–Crippen MR) is 85.0 cm³/mol. The summed E-state index contributed by atoms with van der Waals surface area (Å²) in [7, 11) is 1.65.